The van der Waals surface area contributed by atoms with E-state index in [-0.39, 0.29) is 0 Å². The summed E-state index contributed by atoms with van der Waals surface area (Å²) < 4.78 is 0. The quantitative estimate of drug-likeness (QED) is 0.506. The van der Waals surface area contributed by atoms with Gasteiger partial charge in [0, 0.05) is 6.08 Å². The first-order chi connectivity index (χ1) is 2.77. The molecule has 0 aliphatic carbocycles. The lowest BCUT2D eigenvalue weighted by molar-refractivity contribution is -0.114. The summed E-state index contributed by atoms with van der Waals surface area (Å²) >= 11 is 2.83. The molecule has 0 spiro atoms. The lowest BCUT2D eigenvalue weighted by Crippen LogP contribution is -1.87. The summed E-state index contributed by atoms with van der Waals surface area (Å²) in [6.45, 7) is 0. The van der Waals surface area contributed by atoms with Crippen LogP contribution in [0.3, 0.4) is 0 Å². The van der Waals surface area contributed by atoms with E-state index in [4.69, 9.17) is 5.73 Å². The van der Waals surface area contributed by atoms with Crippen LogP contribution in [0.1, 0.15) is 0 Å². The Balaban J connectivity index is 3.30. The normalized spacial score (nSPS) is 9.50. The van der Waals surface area contributed by atoms with E-state index < -0.39 is 5.91 Å². The van der Waals surface area contributed by atoms with Gasteiger partial charge >= 0.3 is 0 Å². The van der Waals surface area contributed by atoms with Gasteiger partial charge in [0.15, 0.2) is 0 Å². The maximum atomic E-state index is 9.59. The van der Waals surface area contributed by atoms with E-state index in [1.807, 2.05) is 0 Å². The zero-order valence-corrected chi connectivity index (χ0v) is 4.53. The number of carbonyl (C=O) groups excluding carboxylic acids is 1. The standard InChI is InChI=1S/C3H3BrNO/c4-2-1-3(5)6/h1-2,5H/b2-1+. The Morgan fingerprint density at radius 1 is 1.83 bits per heavy atom. The third-order valence-electron chi connectivity index (χ3n) is 0.214. The van der Waals surface area contributed by atoms with Gasteiger partial charge in [-0.05, 0) is 4.99 Å². The first-order valence-corrected chi connectivity index (χ1v) is 2.21. The minimum Gasteiger partial charge on any atom is -0.268 e. The molecule has 2 nitrogen and oxygen atoms in total. The molecule has 6 heavy (non-hydrogen) atoms. The molecule has 1 amide bonds. The van der Waals surface area contributed by atoms with E-state index in [9.17, 15) is 4.79 Å². The Morgan fingerprint density at radius 3 is 2.33 bits per heavy atom. The highest BCUT2D eigenvalue weighted by atomic mass is 79.9. The molecular weight excluding hydrogens is 146 g/mol. The van der Waals surface area contributed by atoms with Crippen LogP contribution < -0.4 is 5.73 Å². The van der Waals surface area contributed by atoms with Crippen LogP contribution >= 0.6 is 15.9 Å². The topological polar surface area (TPSA) is 40.9 Å². The molecule has 0 unspecified atom stereocenters. The highest BCUT2D eigenvalue weighted by Gasteiger charge is 1.76. The zero-order valence-electron chi connectivity index (χ0n) is 2.94. The molecule has 0 aromatic heterocycles. The summed E-state index contributed by atoms with van der Waals surface area (Å²) in [6, 6.07) is 0. The number of amides is 1. The largest absolute Gasteiger partial charge is 0.268 e. The van der Waals surface area contributed by atoms with Gasteiger partial charge in [0.05, 0.1) is 0 Å². The molecule has 0 heterocycles. The molecule has 0 aliphatic heterocycles. The van der Waals surface area contributed by atoms with Crippen LogP contribution in [-0.4, -0.2) is 5.91 Å². The van der Waals surface area contributed by atoms with Crippen LogP contribution in [0.2, 0.25) is 0 Å². The highest BCUT2D eigenvalue weighted by Crippen LogP contribution is 1.78. The van der Waals surface area contributed by atoms with Crippen LogP contribution in [0.4, 0.5) is 0 Å². The number of hydrogen-bond acceptors (Lipinski definition) is 1. The van der Waals surface area contributed by atoms with Gasteiger partial charge in [0.1, 0.15) is 0 Å². The Morgan fingerprint density at radius 2 is 2.33 bits per heavy atom. The second-order valence-corrected chi connectivity index (χ2v) is 1.19. The second-order valence-electron chi connectivity index (χ2n) is 0.657. The summed E-state index contributed by atoms with van der Waals surface area (Å²) in [6.07, 6.45) is 1.11. The van der Waals surface area contributed by atoms with Gasteiger partial charge in [0.2, 0.25) is 0 Å². The number of nitrogens with one attached hydrogen (secondary N) is 1. The predicted molar refractivity (Wildman–Crippen MR) is 26.2 cm³/mol. The SMILES string of the molecule is [NH]C(=O)/C=C/Br. The minimum absolute atomic E-state index is 0.688. The Bertz CT molecular complexity index is 78.9. The van der Waals surface area contributed by atoms with Crippen molar-refractivity contribution in [3.05, 3.63) is 11.1 Å². The van der Waals surface area contributed by atoms with Gasteiger partial charge in [-0.2, -0.15) is 0 Å². The van der Waals surface area contributed by atoms with Crippen molar-refractivity contribution in [3.8, 4) is 0 Å². The van der Waals surface area contributed by atoms with Crippen molar-refractivity contribution in [3.63, 3.8) is 0 Å². The lowest BCUT2D eigenvalue weighted by atomic mass is 10.6. The van der Waals surface area contributed by atoms with Crippen LogP contribution in [-0.2, 0) is 4.79 Å². The monoisotopic (exact) mass is 148 g/mol. The molecule has 0 aliphatic rings. The molecule has 0 fully saturated rings. The summed E-state index contributed by atoms with van der Waals surface area (Å²) in [5.41, 5.74) is 6.22. The van der Waals surface area contributed by atoms with Crippen LogP contribution in [0.5, 0.6) is 0 Å². The van der Waals surface area contributed by atoms with Gasteiger partial charge < -0.3 is 0 Å². The van der Waals surface area contributed by atoms with E-state index in [1.54, 1.807) is 0 Å². The molecule has 0 atom stereocenters. The van der Waals surface area contributed by atoms with E-state index >= 15 is 0 Å². The molecule has 0 bridgehead atoms. The third kappa shape index (κ3) is 3.69. The number of halogens is 1. The first kappa shape index (κ1) is 5.69. The van der Waals surface area contributed by atoms with E-state index in [1.165, 1.54) is 4.99 Å². The number of hydrogen-bond donors (Lipinski definition) is 0. The summed E-state index contributed by atoms with van der Waals surface area (Å²) in [5.74, 6) is -0.688. The Labute approximate surface area is 44.1 Å². The summed E-state index contributed by atoms with van der Waals surface area (Å²) in [7, 11) is 0. The highest BCUT2D eigenvalue weighted by molar-refractivity contribution is 9.11. The smallest absolute Gasteiger partial charge is 0.262 e. The summed E-state index contributed by atoms with van der Waals surface area (Å²) in [5, 5.41) is 0. The van der Waals surface area contributed by atoms with Crippen LogP contribution in [0.15, 0.2) is 11.1 Å². The molecular formula is C3H3BrNO. The third-order valence-corrected chi connectivity index (χ3v) is 0.479. The molecule has 0 rings (SSSR count). The van der Waals surface area contributed by atoms with Crippen molar-refractivity contribution in [1.82, 2.24) is 5.73 Å². The number of carbonyl (C=O) groups is 1. The lowest BCUT2D eigenvalue weighted by Gasteiger charge is -1.66. The van der Waals surface area contributed by atoms with Crippen molar-refractivity contribution in [2.75, 3.05) is 0 Å². The van der Waals surface area contributed by atoms with Crippen LogP contribution in [0.25, 0.3) is 0 Å². The van der Waals surface area contributed by atoms with Crippen molar-refractivity contribution in [1.29, 1.82) is 0 Å². The predicted octanol–water partition coefficient (Wildman–Crippen LogP) is 0.705. The van der Waals surface area contributed by atoms with Crippen molar-refractivity contribution in [2.24, 2.45) is 0 Å². The second kappa shape index (κ2) is 2.90. The fourth-order valence-corrected chi connectivity index (χ4v) is 0.297. The average molecular weight is 149 g/mol. The van der Waals surface area contributed by atoms with Gasteiger partial charge in [0.25, 0.3) is 5.91 Å². The minimum atomic E-state index is -0.688. The molecule has 0 aromatic rings. The van der Waals surface area contributed by atoms with E-state index in [0.29, 0.717) is 0 Å². The van der Waals surface area contributed by atoms with E-state index in [2.05, 4.69) is 15.9 Å². The zero-order chi connectivity index (χ0) is 4.99. The van der Waals surface area contributed by atoms with Gasteiger partial charge in [-0.1, -0.05) is 15.9 Å². The maximum absolute atomic E-state index is 9.59. The molecule has 0 saturated heterocycles. The Kier molecular flexibility index (Phi) is 2.75. The fourth-order valence-electron chi connectivity index (χ4n) is 0.0572. The number of rotatable bonds is 1. The van der Waals surface area contributed by atoms with Crippen molar-refractivity contribution in [2.45, 2.75) is 0 Å². The maximum Gasteiger partial charge on any atom is 0.262 e. The van der Waals surface area contributed by atoms with E-state index in [0.717, 1.165) is 6.08 Å². The first-order valence-electron chi connectivity index (χ1n) is 1.29. The van der Waals surface area contributed by atoms with Gasteiger partial charge in [-0.3, -0.25) is 10.5 Å². The molecule has 1 radical (unpaired) electrons. The Hall–Kier alpha value is -0.310. The van der Waals surface area contributed by atoms with Crippen molar-refractivity contribution >= 4 is 21.8 Å². The molecule has 1 N–H and O–H groups in total. The van der Waals surface area contributed by atoms with Gasteiger partial charge in [-0.25, -0.2) is 0 Å². The van der Waals surface area contributed by atoms with Gasteiger partial charge in [-0.15, -0.1) is 0 Å². The van der Waals surface area contributed by atoms with Crippen LogP contribution in [0, 0.1) is 0 Å². The molecule has 0 saturated carbocycles. The van der Waals surface area contributed by atoms with Crippen molar-refractivity contribution < 1.29 is 4.79 Å². The molecule has 0 aromatic carbocycles. The molecule has 33 valence electrons. The summed E-state index contributed by atoms with van der Waals surface area (Å²) in [4.78, 5) is 10.9. The fraction of sp³-hybridized carbons (Fsp3) is 0. The average Bonchev–Trinajstić information content (AvgIpc) is 1.35. The molecule has 3 heteroatoms.